The normalized spacial score (nSPS) is 16.8. The van der Waals surface area contributed by atoms with Crippen LogP contribution in [0.3, 0.4) is 0 Å². The molecule has 1 aromatic carbocycles. The van der Waals surface area contributed by atoms with Crippen LogP contribution in [-0.2, 0) is 4.79 Å². The number of benzene rings is 1. The molecule has 1 aromatic rings. The second kappa shape index (κ2) is 7.57. The first-order valence-corrected chi connectivity index (χ1v) is 7.55. The minimum absolute atomic E-state index is 0.0457. The molecular weight excluding hydrogens is 320 g/mol. The Hall–Kier alpha value is -1.17. The number of carbonyl (C=O) groups is 1. The number of β-amino-alcohol motifs (C(OH)–C–C–N with tert-alkyl or cyclic N) is 1. The monoisotopic (exact) mass is 338 g/mol. The second-order valence-electron chi connectivity index (χ2n) is 4.75. The van der Waals surface area contributed by atoms with Crippen LogP contribution in [0.5, 0.6) is 0 Å². The lowest BCUT2D eigenvalue weighted by molar-refractivity contribution is -0.127. The molecule has 108 valence electrons. The number of nitrogens with zero attached hydrogens (tertiary/aromatic N) is 2. The molecule has 1 saturated heterocycles. The standard InChI is InChI=1S/C15H19BrN2O2/c16-14-4-2-1-3-13(14)5-6-15(20)18-9-7-17(8-10-18)11-12-19/h1-6,19H,7-12H2. The third-order valence-corrected chi connectivity index (χ3v) is 4.13. The zero-order valence-corrected chi connectivity index (χ0v) is 12.9. The molecule has 0 atom stereocenters. The molecule has 1 aliphatic heterocycles. The maximum atomic E-state index is 12.1. The highest BCUT2D eigenvalue weighted by Crippen LogP contribution is 2.17. The predicted octanol–water partition coefficient (Wildman–Crippen LogP) is 1.60. The van der Waals surface area contributed by atoms with Crippen LogP contribution < -0.4 is 0 Å². The summed E-state index contributed by atoms with van der Waals surface area (Å²) in [4.78, 5) is 16.1. The van der Waals surface area contributed by atoms with Gasteiger partial charge in [-0.2, -0.15) is 0 Å². The molecular formula is C15H19BrN2O2. The summed E-state index contributed by atoms with van der Waals surface area (Å²) in [5.74, 6) is 0.0457. The van der Waals surface area contributed by atoms with E-state index in [1.54, 1.807) is 6.08 Å². The van der Waals surface area contributed by atoms with Gasteiger partial charge in [0.2, 0.25) is 5.91 Å². The summed E-state index contributed by atoms with van der Waals surface area (Å²) in [6.45, 7) is 3.97. The van der Waals surface area contributed by atoms with Crippen LogP contribution in [-0.4, -0.2) is 60.1 Å². The van der Waals surface area contributed by atoms with Crippen LogP contribution >= 0.6 is 15.9 Å². The van der Waals surface area contributed by atoms with E-state index in [1.807, 2.05) is 35.2 Å². The number of amides is 1. The average molecular weight is 339 g/mol. The smallest absolute Gasteiger partial charge is 0.246 e. The average Bonchev–Trinajstić information content (AvgIpc) is 2.47. The van der Waals surface area contributed by atoms with Crippen LogP contribution in [0.2, 0.25) is 0 Å². The quantitative estimate of drug-likeness (QED) is 0.848. The first kappa shape index (κ1) is 15.2. The van der Waals surface area contributed by atoms with Crippen molar-refractivity contribution in [1.29, 1.82) is 0 Å². The summed E-state index contributed by atoms with van der Waals surface area (Å²) < 4.78 is 0.983. The molecule has 0 aromatic heterocycles. The van der Waals surface area contributed by atoms with Crippen molar-refractivity contribution in [2.75, 3.05) is 39.3 Å². The van der Waals surface area contributed by atoms with Crippen molar-refractivity contribution >= 4 is 27.9 Å². The van der Waals surface area contributed by atoms with Crippen LogP contribution in [0.15, 0.2) is 34.8 Å². The number of aliphatic hydroxyl groups is 1. The van der Waals surface area contributed by atoms with Crippen molar-refractivity contribution in [1.82, 2.24) is 9.80 Å². The summed E-state index contributed by atoms with van der Waals surface area (Å²) in [5.41, 5.74) is 1.000. The Kier molecular flexibility index (Phi) is 5.76. The van der Waals surface area contributed by atoms with E-state index in [9.17, 15) is 4.79 Å². The third-order valence-electron chi connectivity index (χ3n) is 3.41. The lowest BCUT2D eigenvalue weighted by atomic mass is 10.2. The van der Waals surface area contributed by atoms with Gasteiger partial charge < -0.3 is 10.0 Å². The molecule has 1 aliphatic rings. The number of carbonyl (C=O) groups excluding carboxylic acids is 1. The molecule has 4 nitrogen and oxygen atoms in total. The fraction of sp³-hybridized carbons (Fsp3) is 0.400. The van der Waals surface area contributed by atoms with Crippen LogP contribution in [0.4, 0.5) is 0 Å². The fourth-order valence-electron chi connectivity index (χ4n) is 2.21. The van der Waals surface area contributed by atoms with Crippen molar-refractivity contribution in [2.24, 2.45) is 0 Å². The molecule has 0 unspecified atom stereocenters. The van der Waals surface area contributed by atoms with Gasteiger partial charge in [-0.3, -0.25) is 9.69 Å². The van der Waals surface area contributed by atoms with E-state index in [1.165, 1.54) is 0 Å². The van der Waals surface area contributed by atoms with E-state index in [2.05, 4.69) is 20.8 Å². The van der Waals surface area contributed by atoms with E-state index >= 15 is 0 Å². The Balaban J connectivity index is 1.88. The van der Waals surface area contributed by atoms with Gasteiger partial charge in [-0.15, -0.1) is 0 Å². The van der Waals surface area contributed by atoms with Gasteiger partial charge in [0.1, 0.15) is 0 Å². The molecule has 0 radical (unpaired) electrons. The Morgan fingerprint density at radius 3 is 2.60 bits per heavy atom. The lowest BCUT2D eigenvalue weighted by Crippen LogP contribution is -2.48. The number of rotatable bonds is 4. The molecule has 0 saturated carbocycles. The molecule has 0 bridgehead atoms. The fourth-order valence-corrected chi connectivity index (χ4v) is 2.63. The number of aliphatic hydroxyl groups excluding tert-OH is 1. The molecule has 5 heteroatoms. The van der Waals surface area contributed by atoms with Crippen LogP contribution in [0.25, 0.3) is 6.08 Å². The largest absolute Gasteiger partial charge is 0.395 e. The predicted molar refractivity (Wildman–Crippen MR) is 83.3 cm³/mol. The zero-order chi connectivity index (χ0) is 14.4. The van der Waals surface area contributed by atoms with Gasteiger partial charge in [-0.25, -0.2) is 0 Å². The van der Waals surface area contributed by atoms with Crippen molar-refractivity contribution in [3.05, 3.63) is 40.4 Å². The maximum Gasteiger partial charge on any atom is 0.246 e. The van der Waals surface area contributed by atoms with Gasteiger partial charge in [-0.05, 0) is 17.7 Å². The molecule has 1 amide bonds. The van der Waals surface area contributed by atoms with E-state index in [-0.39, 0.29) is 12.5 Å². The summed E-state index contributed by atoms with van der Waals surface area (Å²) in [7, 11) is 0. The molecule has 20 heavy (non-hydrogen) atoms. The highest BCUT2D eigenvalue weighted by molar-refractivity contribution is 9.10. The molecule has 0 aliphatic carbocycles. The first-order chi connectivity index (χ1) is 9.70. The van der Waals surface area contributed by atoms with Crippen LogP contribution in [0, 0.1) is 0 Å². The number of hydrogen-bond acceptors (Lipinski definition) is 3. The topological polar surface area (TPSA) is 43.8 Å². The highest BCUT2D eigenvalue weighted by Gasteiger charge is 2.18. The van der Waals surface area contributed by atoms with Crippen LogP contribution in [0.1, 0.15) is 5.56 Å². The summed E-state index contributed by atoms with van der Waals surface area (Å²) in [5, 5.41) is 8.89. The number of halogens is 1. The first-order valence-electron chi connectivity index (χ1n) is 6.75. The SMILES string of the molecule is O=C(C=Cc1ccccc1Br)N1CCN(CCO)CC1. The van der Waals surface area contributed by atoms with Gasteiger partial charge in [0.25, 0.3) is 0 Å². The number of hydrogen-bond donors (Lipinski definition) is 1. The van der Waals surface area contributed by atoms with Crippen molar-refractivity contribution in [2.45, 2.75) is 0 Å². The lowest BCUT2D eigenvalue weighted by Gasteiger charge is -2.33. The molecule has 1 heterocycles. The maximum absolute atomic E-state index is 12.1. The van der Waals surface area contributed by atoms with Gasteiger partial charge in [-0.1, -0.05) is 34.1 Å². The molecule has 1 N–H and O–H groups in total. The Labute approximate surface area is 127 Å². The third kappa shape index (κ3) is 4.16. The van der Waals surface area contributed by atoms with E-state index < -0.39 is 0 Å². The van der Waals surface area contributed by atoms with Gasteiger partial charge in [0.15, 0.2) is 0 Å². The van der Waals surface area contributed by atoms with Crippen molar-refractivity contribution in [3.63, 3.8) is 0 Å². The minimum atomic E-state index is 0.0457. The molecule has 2 rings (SSSR count). The molecule has 0 spiro atoms. The van der Waals surface area contributed by atoms with E-state index in [0.717, 1.165) is 36.2 Å². The van der Waals surface area contributed by atoms with E-state index in [0.29, 0.717) is 6.54 Å². The van der Waals surface area contributed by atoms with Gasteiger partial charge in [0.05, 0.1) is 6.61 Å². The summed E-state index contributed by atoms with van der Waals surface area (Å²) >= 11 is 3.46. The van der Waals surface area contributed by atoms with Gasteiger partial charge >= 0.3 is 0 Å². The Morgan fingerprint density at radius 1 is 1.25 bits per heavy atom. The summed E-state index contributed by atoms with van der Waals surface area (Å²) in [6.07, 6.45) is 3.47. The van der Waals surface area contributed by atoms with Gasteiger partial charge in [0, 0.05) is 43.3 Å². The van der Waals surface area contributed by atoms with Crippen molar-refractivity contribution < 1.29 is 9.90 Å². The van der Waals surface area contributed by atoms with E-state index in [4.69, 9.17) is 5.11 Å². The Morgan fingerprint density at radius 2 is 1.95 bits per heavy atom. The minimum Gasteiger partial charge on any atom is -0.395 e. The highest BCUT2D eigenvalue weighted by atomic mass is 79.9. The van der Waals surface area contributed by atoms with Crippen molar-refractivity contribution in [3.8, 4) is 0 Å². The zero-order valence-electron chi connectivity index (χ0n) is 11.3. The molecule has 1 fully saturated rings. The Bertz CT molecular complexity index is 483. The number of piperazine rings is 1. The summed E-state index contributed by atoms with van der Waals surface area (Å²) in [6, 6.07) is 7.82. The second-order valence-corrected chi connectivity index (χ2v) is 5.60.